The Morgan fingerprint density at radius 1 is 1.42 bits per heavy atom. The summed E-state index contributed by atoms with van der Waals surface area (Å²) in [7, 11) is 0. The van der Waals surface area contributed by atoms with Gasteiger partial charge in [0.1, 0.15) is 5.60 Å². The van der Waals surface area contributed by atoms with Crippen molar-refractivity contribution in [1.82, 2.24) is 0 Å². The van der Waals surface area contributed by atoms with Gasteiger partial charge < -0.3 is 4.74 Å². The van der Waals surface area contributed by atoms with Crippen LogP contribution in [-0.4, -0.2) is 11.6 Å². The van der Waals surface area contributed by atoms with Crippen LogP contribution >= 0.6 is 0 Å². The first kappa shape index (κ1) is 14.6. The van der Waals surface area contributed by atoms with Crippen LogP contribution < -0.4 is 0 Å². The first-order valence-corrected chi connectivity index (χ1v) is 7.62. The molecule has 0 N–H and O–H groups in total. The zero-order valence-corrected chi connectivity index (χ0v) is 12.9. The molecule has 2 nitrogen and oxygen atoms in total. The van der Waals surface area contributed by atoms with Gasteiger partial charge in [0.15, 0.2) is 0 Å². The molecule has 2 aliphatic carbocycles. The van der Waals surface area contributed by atoms with Crippen LogP contribution in [0, 0.1) is 17.3 Å². The Morgan fingerprint density at radius 3 is 2.74 bits per heavy atom. The molecule has 0 heterocycles. The fraction of sp³-hybridized carbons (Fsp3) is 0.824. The van der Waals surface area contributed by atoms with E-state index in [0.717, 1.165) is 6.42 Å². The van der Waals surface area contributed by atoms with Crippen molar-refractivity contribution in [2.45, 2.75) is 71.8 Å². The van der Waals surface area contributed by atoms with Gasteiger partial charge in [-0.15, -0.1) is 0 Å². The third-order valence-corrected chi connectivity index (χ3v) is 5.55. The minimum absolute atomic E-state index is 0.166. The molecular formula is C17H28O2. The second kappa shape index (κ2) is 4.96. The molecule has 0 saturated heterocycles. The average molecular weight is 264 g/mol. The molecule has 3 atom stereocenters. The van der Waals surface area contributed by atoms with Gasteiger partial charge in [-0.3, -0.25) is 4.79 Å². The summed E-state index contributed by atoms with van der Waals surface area (Å²) in [5.74, 6) is 0.917. The van der Waals surface area contributed by atoms with Crippen LogP contribution in [0.5, 0.6) is 0 Å². The average Bonchev–Trinajstić information content (AvgIpc) is 2.26. The van der Waals surface area contributed by atoms with Gasteiger partial charge in [0.25, 0.3) is 0 Å². The standard InChI is InChI=1S/C17H28O2/c1-12-7-6-9-17(5)10-8-14(11-15(12)17)16(3,4)19-13(2)18/h14-15H,1,6-11H2,2-5H3/t14-,15-,17-/m0/s1. The van der Waals surface area contributed by atoms with Gasteiger partial charge >= 0.3 is 5.97 Å². The zero-order valence-electron chi connectivity index (χ0n) is 12.9. The summed E-state index contributed by atoms with van der Waals surface area (Å²) >= 11 is 0. The first-order valence-electron chi connectivity index (χ1n) is 7.62. The third-order valence-electron chi connectivity index (χ3n) is 5.55. The summed E-state index contributed by atoms with van der Waals surface area (Å²) in [6.07, 6.45) is 7.35. The largest absolute Gasteiger partial charge is 0.460 e. The van der Waals surface area contributed by atoms with E-state index in [4.69, 9.17) is 4.74 Å². The molecule has 0 aromatic heterocycles. The molecule has 19 heavy (non-hydrogen) atoms. The Kier molecular flexibility index (Phi) is 3.81. The van der Waals surface area contributed by atoms with Crippen molar-refractivity contribution in [3.8, 4) is 0 Å². The third kappa shape index (κ3) is 2.88. The highest BCUT2D eigenvalue weighted by Gasteiger charge is 2.47. The van der Waals surface area contributed by atoms with Crippen LogP contribution in [-0.2, 0) is 9.53 Å². The van der Waals surface area contributed by atoms with Crippen LogP contribution in [0.1, 0.15) is 66.2 Å². The summed E-state index contributed by atoms with van der Waals surface area (Å²) in [5, 5.41) is 0. The lowest BCUT2D eigenvalue weighted by molar-refractivity contribution is -0.162. The predicted molar refractivity (Wildman–Crippen MR) is 77.8 cm³/mol. The Hall–Kier alpha value is -0.790. The Labute approximate surface area is 117 Å². The Morgan fingerprint density at radius 2 is 2.11 bits per heavy atom. The maximum atomic E-state index is 11.3. The molecular weight excluding hydrogens is 236 g/mol. The van der Waals surface area contributed by atoms with Crippen LogP contribution in [0.25, 0.3) is 0 Å². The van der Waals surface area contributed by atoms with Gasteiger partial charge in [-0.2, -0.15) is 0 Å². The van der Waals surface area contributed by atoms with Crippen molar-refractivity contribution >= 4 is 5.97 Å². The van der Waals surface area contributed by atoms with Gasteiger partial charge in [-0.05, 0) is 69.6 Å². The number of rotatable bonds is 2. The van der Waals surface area contributed by atoms with Gasteiger partial charge in [0.2, 0.25) is 0 Å². The summed E-state index contributed by atoms with van der Waals surface area (Å²) in [5.41, 5.74) is 1.53. The number of fused-ring (bicyclic) bond motifs is 1. The first-order chi connectivity index (χ1) is 8.74. The molecule has 0 spiro atoms. The molecule has 0 unspecified atom stereocenters. The fourth-order valence-corrected chi connectivity index (χ4v) is 4.30. The lowest BCUT2D eigenvalue weighted by atomic mass is 9.55. The molecule has 2 saturated carbocycles. The molecule has 2 rings (SSSR count). The van der Waals surface area contributed by atoms with E-state index in [1.165, 1.54) is 44.6 Å². The highest BCUT2D eigenvalue weighted by Crippen LogP contribution is 2.55. The lowest BCUT2D eigenvalue weighted by Crippen LogP contribution is -2.45. The highest BCUT2D eigenvalue weighted by molar-refractivity contribution is 5.66. The maximum Gasteiger partial charge on any atom is 0.303 e. The molecule has 0 aromatic rings. The molecule has 0 bridgehead atoms. The number of ether oxygens (including phenoxy) is 1. The van der Waals surface area contributed by atoms with Crippen LogP contribution in [0.2, 0.25) is 0 Å². The highest BCUT2D eigenvalue weighted by atomic mass is 16.6. The SMILES string of the molecule is C=C1CCC[C@@]2(C)CC[C@H](C(C)(C)OC(C)=O)C[C@@H]12. The number of carbonyl (C=O) groups is 1. The second-order valence-electron chi connectivity index (χ2n) is 7.39. The molecule has 0 aliphatic heterocycles. The van der Waals surface area contributed by atoms with Crippen molar-refractivity contribution in [2.24, 2.45) is 17.3 Å². The van der Waals surface area contributed by atoms with Crippen molar-refractivity contribution in [3.05, 3.63) is 12.2 Å². The molecule has 0 radical (unpaired) electrons. The van der Waals surface area contributed by atoms with Crippen molar-refractivity contribution in [2.75, 3.05) is 0 Å². The van der Waals surface area contributed by atoms with Gasteiger partial charge in [0.05, 0.1) is 0 Å². The van der Waals surface area contributed by atoms with E-state index in [1.54, 1.807) is 0 Å². The molecule has 0 amide bonds. The summed E-state index contributed by atoms with van der Waals surface area (Å²) < 4.78 is 5.56. The Balaban J connectivity index is 2.12. The van der Waals surface area contributed by atoms with E-state index in [1.807, 2.05) is 0 Å². The van der Waals surface area contributed by atoms with E-state index >= 15 is 0 Å². The van der Waals surface area contributed by atoms with E-state index in [2.05, 4.69) is 27.4 Å². The topological polar surface area (TPSA) is 26.3 Å². The predicted octanol–water partition coefficient (Wildman–Crippen LogP) is 4.49. The number of allylic oxidation sites excluding steroid dienone is 1. The van der Waals surface area contributed by atoms with Crippen LogP contribution in [0.15, 0.2) is 12.2 Å². The second-order valence-corrected chi connectivity index (χ2v) is 7.39. The van der Waals surface area contributed by atoms with Crippen molar-refractivity contribution < 1.29 is 9.53 Å². The van der Waals surface area contributed by atoms with E-state index in [-0.39, 0.29) is 11.6 Å². The van der Waals surface area contributed by atoms with E-state index in [0.29, 0.717) is 17.3 Å². The van der Waals surface area contributed by atoms with Gasteiger partial charge in [-0.1, -0.05) is 19.1 Å². The number of hydrogen-bond donors (Lipinski definition) is 0. The smallest absolute Gasteiger partial charge is 0.303 e. The minimum Gasteiger partial charge on any atom is -0.460 e. The number of carbonyl (C=O) groups excluding carboxylic acids is 1. The minimum atomic E-state index is -0.342. The van der Waals surface area contributed by atoms with E-state index in [9.17, 15) is 4.79 Å². The Bertz CT molecular complexity index is 383. The normalized spacial score (nSPS) is 35.7. The van der Waals surface area contributed by atoms with Crippen LogP contribution in [0.4, 0.5) is 0 Å². The van der Waals surface area contributed by atoms with Crippen molar-refractivity contribution in [3.63, 3.8) is 0 Å². The number of esters is 1. The van der Waals surface area contributed by atoms with Crippen molar-refractivity contribution in [1.29, 1.82) is 0 Å². The quantitative estimate of drug-likeness (QED) is 0.542. The van der Waals surface area contributed by atoms with E-state index < -0.39 is 0 Å². The molecule has 108 valence electrons. The molecule has 0 aromatic carbocycles. The zero-order chi connectivity index (χ0) is 14.3. The summed E-state index contributed by atoms with van der Waals surface area (Å²) in [6.45, 7) is 12.4. The maximum absolute atomic E-state index is 11.3. The fourth-order valence-electron chi connectivity index (χ4n) is 4.30. The summed E-state index contributed by atoms with van der Waals surface area (Å²) in [6, 6.07) is 0. The summed E-state index contributed by atoms with van der Waals surface area (Å²) in [4.78, 5) is 11.3. The monoisotopic (exact) mass is 264 g/mol. The van der Waals surface area contributed by atoms with Gasteiger partial charge in [-0.25, -0.2) is 0 Å². The van der Waals surface area contributed by atoms with Gasteiger partial charge in [0, 0.05) is 6.92 Å². The lowest BCUT2D eigenvalue weighted by Gasteiger charge is -2.51. The molecule has 2 fully saturated rings. The van der Waals surface area contributed by atoms with Crippen LogP contribution in [0.3, 0.4) is 0 Å². The number of hydrogen-bond acceptors (Lipinski definition) is 2. The molecule has 2 heteroatoms. The molecule has 2 aliphatic rings.